The van der Waals surface area contributed by atoms with Gasteiger partial charge in [0.25, 0.3) is 0 Å². The zero-order valence-corrected chi connectivity index (χ0v) is 13.2. The van der Waals surface area contributed by atoms with Crippen molar-refractivity contribution in [1.29, 1.82) is 0 Å². The van der Waals surface area contributed by atoms with Crippen molar-refractivity contribution in [1.82, 2.24) is 9.97 Å². The van der Waals surface area contributed by atoms with Crippen molar-refractivity contribution in [2.24, 2.45) is 5.92 Å². The van der Waals surface area contributed by atoms with E-state index in [4.69, 9.17) is 9.84 Å². The minimum atomic E-state index is 0.240. The molecule has 2 atom stereocenters. The molecule has 2 N–H and O–H groups in total. The molecule has 2 unspecified atom stereocenters. The van der Waals surface area contributed by atoms with Gasteiger partial charge in [-0.2, -0.15) is 4.98 Å². The van der Waals surface area contributed by atoms with Gasteiger partial charge in [0.15, 0.2) is 0 Å². The average Bonchev–Trinajstić information content (AvgIpc) is 3.02. The summed E-state index contributed by atoms with van der Waals surface area (Å²) in [6.45, 7) is 0.734. The minimum absolute atomic E-state index is 0.240. The fourth-order valence-corrected chi connectivity index (χ4v) is 3.13. The maximum Gasteiger partial charge on any atom is 0.226 e. The number of nitrogens with one attached hydrogen (secondary N) is 1. The molecule has 0 bridgehead atoms. The molecule has 0 saturated heterocycles. The highest BCUT2D eigenvalue weighted by molar-refractivity contribution is 5.29. The van der Waals surface area contributed by atoms with Gasteiger partial charge in [0, 0.05) is 24.9 Å². The number of hydrogen-bond acceptors (Lipinski definition) is 5. The van der Waals surface area contributed by atoms with Crippen LogP contribution in [0.25, 0.3) is 0 Å². The Morgan fingerprint density at radius 2 is 2.04 bits per heavy atom. The van der Waals surface area contributed by atoms with Crippen molar-refractivity contribution in [3.05, 3.63) is 48.2 Å². The normalized spacial score (nSPS) is 20.4. The van der Waals surface area contributed by atoms with E-state index in [1.807, 2.05) is 30.3 Å². The van der Waals surface area contributed by atoms with Crippen LogP contribution < -0.4 is 10.1 Å². The molecule has 1 aliphatic carbocycles. The van der Waals surface area contributed by atoms with Crippen molar-refractivity contribution in [2.45, 2.75) is 38.3 Å². The molecule has 0 aliphatic heterocycles. The second kappa shape index (κ2) is 7.92. The lowest BCUT2D eigenvalue weighted by Crippen LogP contribution is -2.25. The van der Waals surface area contributed by atoms with E-state index < -0.39 is 0 Å². The van der Waals surface area contributed by atoms with E-state index in [-0.39, 0.29) is 6.61 Å². The van der Waals surface area contributed by atoms with Crippen molar-refractivity contribution in [2.75, 3.05) is 11.9 Å². The third-order valence-corrected chi connectivity index (χ3v) is 4.33. The predicted molar refractivity (Wildman–Crippen MR) is 89.3 cm³/mol. The predicted octanol–water partition coefficient (Wildman–Crippen LogP) is 3.02. The van der Waals surface area contributed by atoms with Gasteiger partial charge in [-0.15, -0.1) is 0 Å². The number of aliphatic hydroxyl groups excluding tert-OH is 1. The van der Waals surface area contributed by atoms with E-state index in [0.29, 0.717) is 30.4 Å². The monoisotopic (exact) mass is 313 g/mol. The van der Waals surface area contributed by atoms with Crippen LogP contribution >= 0.6 is 0 Å². The van der Waals surface area contributed by atoms with E-state index in [9.17, 15) is 0 Å². The van der Waals surface area contributed by atoms with Crippen molar-refractivity contribution in [3.8, 4) is 5.88 Å². The SMILES string of the molecule is OCCC1CCCC1Nc1nccc(OCc2ccccc2)n1. The lowest BCUT2D eigenvalue weighted by molar-refractivity contribution is 0.253. The van der Waals surface area contributed by atoms with Crippen LogP contribution in [0.4, 0.5) is 5.95 Å². The molecule has 23 heavy (non-hydrogen) atoms. The van der Waals surface area contributed by atoms with Crippen molar-refractivity contribution < 1.29 is 9.84 Å². The van der Waals surface area contributed by atoms with Crippen LogP contribution in [0.1, 0.15) is 31.2 Å². The van der Waals surface area contributed by atoms with Gasteiger partial charge in [0.05, 0.1) is 0 Å². The van der Waals surface area contributed by atoms with Crippen LogP contribution in [0.5, 0.6) is 5.88 Å². The van der Waals surface area contributed by atoms with Gasteiger partial charge in [0.2, 0.25) is 11.8 Å². The summed E-state index contributed by atoms with van der Waals surface area (Å²) in [6.07, 6.45) is 5.99. The molecule has 0 spiro atoms. The molecule has 2 aromatic rings. The highest BCUT2D eigenvalue weighted by Crippen LogP contribution is 2.30. The quantitative estimate of drug-likeness (QED) is 0.822. The third kappa shape index (κ3) is 4.42. The summed E-state index contributed by atoms with van der Waals surface area (Å²) in [6, 6.07) is 12.1. The summed E-state index contributed by atoms with van der Waals surface area (Å²) in [7, 11) is 0. The highest BCUT2D eigenvalue weighted by atomic mass is 16.5. The molecule has 1 fully saturated rings. The maximum absolute atomic E-state index is 9.15. The Hall–Kier alpha value is -2.14. The number of rotatable bonds is 7. The van der Waals surface area contributed by atoms with Gasteiger partial charge < -0.3 is 15.2 Å². The zero-order chi connectivity index (χ0) is 15.9. The van der Waals surface area contributed by atoms with Gasteiger partial charge in [-0.25, -0.2) is 4.98 Å². The molecule has 0 amide bonds. The van der Waals surface area contributed by atoms with Gasteiger partial charge >= 0.3 is 0 Å². The first-order valence-corrected chi connectivity index (χ1v) is 8.22. The fourth-order valence-electron chi connectivity index (χ4n) is 3.13. The molecule has 3 rings (SSSR count). The third-order valence-electron chi connectivity index (χ3n) is 4.33. The molecule has 1 aromatic heterocycles. The summed E-state index contributed by atoms with van der Waals surface area (Å²) >= 11 is 0. The first-order valence-electron chi connectivity index (χ1n) is 8.22. The highest BCUT2D eigenvalue weighted by Gasteiger charge is 2.27. The largest absolute Gasteiger partial charge is 0.473 e. The molecule has 122 valence electrons. The topological polar surface area (TPSA) is 67.3 Å². The smallest absolute Gasteiger partial charge is 0.226 e. The molecular weight excluding hydrogens is 290 g/mol. The van der Waals surface area contributed by atoms with E-state index in [0.717, 1.165) is 24.8 Å². The molecule has 1 saturated carbocycles. The first-order chi connectivity index (χ1) is 11.3. The Kier molecular flexibility index (Phi) is 5.42. The molecule has 5 nitrogen and oxygen atoms in total. The number of anilines is 1. The Labute approximate surface area is 136 Å². The molecule has 0 radical (unpaired) electrons. The Balaban J connectivity index is 1.59. The Morgan fingerprint density at radius 1 is 1.17 bits per heavy atom. The molecule has 1 aliphatic rings. The molecule has 1 heterocycles. The molecule has 1 aromatic carbocycles. The van der Waals surface area contributed by atoms with Crippen LogP contribution in [0, 0.1) is 5.92 Å². The fraction of sp³-hybridized carbons (Fsp3) is 0.444. The van der Waals surface area contributed by atoms with E-state index in [1.165, 1.54) is 6.42 Å². The Morgan fingerprint density at radius 3 is 2.87 bits per heavy atom. The minimum Gasteiger partial charge on any atom is -0.473 e. The average molecular weight is 313 g/mol. The van der Waals surface area contributed by atoms with Crippen molar-refractivity contribution >= 4 is 5.95 Å². The summed E-state index contributed by atoms with van der Waals surface area (Å²) < 4.78 is 5.74. The first kappa shape index (κ1) is 15.7. The zero-order valence-electron chi connectivity index (χ0n) is 13.2. The number of benzene rings is 1. The summed E-state index contributed by atoms with van der Waals surface area (Å²) in [5.41, 5.74) is 1.11. The second-order valence-electron chi connectivity index (χ2n) is 5.95. The summed E-state index contributed by atoms with van der Waals surface area (Å²) in [4.78, 5) is 8.73. The van der Waals surface area contributed by atoms with E-state index in [2.05, 4.69) is 15.3 Å². The van der Waals surface area contributed by atoms with Crippen LogP contribution in [0.2, 0.25) is 0 Å². The van der Waals surface area contributed by atoms with Gasteiger partial charge in [-0.1, -0.05) is 36.8 Å². The van der Waals surface area contributed by atoms with Crippen LogP contribution in [-0.2, 0) is 6.61 Å². The van der Waals surface area contributed by atoms with Crippen LogP contribution in [-0.4, -0.2) is 27.7 Å². The van der Waals surface area contributed by atoms with Gasteiger partial charge in [-0.05, 0) is 30.7 Å². The Bertz CT molecular complexity index is 606. The maximum atomic E-state index is 9.15. The number of ether oxygens (including phenoxy) is 1. The van der Waals surface area contributed by atoms with Crippen LogP contribution in [0.3, 0.4) is 0 Å². The van der Waals surface area contributed by atoms with E-state index in [1.54, 1.807) is 12.3 Å². The number of aromatic nitrogens is 2. The number of aliphatic hydroxyl groups is 1. The number of nitrogens with zero attached hydrogens (tertiary/aromatic N) is 2. The lowest BCUT2D eigenvalue weighted by atomic mass is 10.0. The lowest BCUT2D eigenvalue weighted by Gasteiger charge is -2.20. The van der Waals surface area contributed by atoms with Crippen molar-refractivity contribution in [3.63, 3.8) is 0 Å². The standard InChI is InChI=1S/C18H23N3O2/c22-12-10-15-7-4-8-16(15)20-18-19-11-9-17(21-18)23-13-14-5-2-1-3-6-14/h1-3,5-6,9,11,15-16,22H,4,7-8,10,12-13H2,(H,19,20,21). The van der Waals surface area contributed by atoms with E-state index >= 15 is 0 Å². The van der Waals surface area contributed by atoms with Gasteiger partial charge in [0.1, 0.15) is 6.61 Å². The molecular formula is C18H23N3O2. The molecule has 5 heteroatoms. The summed E-state index contributed by atoms with van der Waals surface area (Å²) in [5.74, 6) is 1.67. The number of hydrogen-bond donors (Lipinski definition) is 2. The van der Waals surface area contributed by atoms with Gasteiger partial charge in [-0.3, -0.25) is 0 Å². The van der Waals surface area contributed by atoms with Crippen LogP contribution in [0.15, 0.2) is 42.6 Å². The summed E-state index contributed by atoms with van der Waals surface area (Å²) in [5, 5.41) is 12.6. The second-order valence-corrected chi connectivity index (χ2v) is 5.95.